The van der Waals surface area contributed by atoms with Crippen LogP contribution >= 0.6 is 0 Å². The molecule has 2 aromatic heterocycles. The number of rotatable bonds is 4. The number of fused-ring (bicyclic) bond motifs is 1. The molecule has 124 valence electrons. The van der Waals surface area contributed by atoms with Crippen LogP contribution in [0.25, 0.3) is 11.7 Å². The molecule has 3 heterocycles. The first-order valence-corrected chi connectivity index (χ1v) is 9.12. The number of carbonyl (C=O) groups excluding carboxylic acids is 1. The predicted molar refractivity (Wildman–Crippen MR) is 89.6 cm³/mol. The van der Waals surface area contributed by atoms with E-state index < -0.39 is 10.8 Å². The third-order valence-corrected chi connectivity index (χ3v) is 4.55. The van der Waals surface area contributed by atoms with Gasteiger partial charge in [0.2, 0.25) is 11.1 Å². The highest BCUT2D eigenvalue weighted by atomic mass is 32.2. The van der Waals surface area contributed by atoms with Gasteiger partial charge in [-0.25, -0.2) is 0 Å². The molecule has 0 bridgehead atoms. The lowest BCUT2D eigenvalue weighted by Gasteiger charge is -2.07. The number of anilines is 1. The Labute approximate surface area is 140 Å². The highest BCUT2D eigenvalue weighted by Crippen LogP contribution is 2.26. The molecule has 8 nitrogen and oxygen atoms in total. The van der Waals surface area contributed by atoms with Crippen molar-refractivity contribution in [2.75, 3.05) is 11.6 Å². The molecule has 1 amide bonds. The van der Waals surface area contributed by atoms with E-state index in [1.165, 1.54) is 6.26 Å². The number of aromatic nitrogens is 4. The number of hydrogen-bond donors (Lipinski definition) is 2. The van der Waals surface area contributed by atoms with Gasteiger partial charge >= 0.3 is 0 Å². The van der Waals surface area contributed by atoms with Gasteiger partial charge in [-0.05, 0) is 18.9 Å². The molecule has 4 rings (SSSR count). The Morgan fingerprint density at radius 1 is 1.46 bits per heavy atom. The average Bonchev–Trinajstić information content (AvgIpc) is 3.16. The lowest BCUT2D eigenvalue weighted by atomic mass is 10.1. The minimum atomic E-state index is -1.32. The van der Waals surface area contributed by atoms with Crippen molar-refractivity contribution >= 4 is 34.4 Å². The monoisotopic (exact) mass is 344 g/mol. The summed E-state index contributed by atoms with van der Waals surface area (Å²) >= 11 is 0. The Balaban J connectivity index is 1.83. The molecule has 1 aliphatic heterocycles. The van der Waals surface area contributed by atoms with Crippen molar-refractivity contribution in [3.05, 3.63) is 29.6 Å². The van der Waals surface area contributed by atoms with Crippen LogP contribution in [0.3, 0.4) is 0 Å². The molecule has 0 spiro atoms. The standard InChI is InChI=1S/C15H16N6O2S/c1-8-5-9(13(22)17-8)6-10-7-16-21-12(10)19-15(24(2)23)20-14(21)18-11-3-4-11/h6-7,11H,1,3-5H2,2H3,(H,17,22)(H,18,19,20). The van der Waals surface area contributed by atoms with Crippen molar-refractivity contribution in [3.63, 3.8) is 0 Å². The molecule has 2 fully saturated rings. The van der Waals surface area contributed by atoms with Crippen molar-refractivity contribution in [1.29, 1.82) is 0 Å². The molecular formula is C15H16N6O2S. The van der Waals surface area contributed by atoms with Gasteiger partial charge in [0, 0.05) is 35.6 Å². The summed E-state index contributed by atoms with van der Waals surface area (Å²) in [5.41, 5.74) is 2.48. The SMILES string of the molecule is C=C1CC(=Cc2cnn3c(NC4CC4)nc(S(C)=O)nc23)C(=O)N1. The summed E-state index contributed by atoms with van der Waals surface area (Å²) in [6, 6.07) is 0.371. The number of amides is 1. The van der Waals surface area contributed by atoms with Gasteiger partial charge in [-0.2, -0.15) is 19.6 Å². The Morgan fingerprint density at radius 2 is 2.25 bits per heavy atom. The molecule has 0 radical (unpaired) electrons. The first kappa shape index (κ1) is 15.0. The molecule has 1 aliphatic carbocycles. The first-order valence-electron chi connectivity index (χ1n) is 7.56. The second kappa shape index (κ2) is 5.52. The molecule has 2 N–H and O–H groups in total. The minimum Gasteiger partial charge on any atom is -0.351 e. The zero-order chi connectivity index (χ0) is 16.8. The maximum absolute atomic E-state index is 11.9. The normalized spacial score (nSPS) is 20.6. The summed E-state index contributed by atoms with van der Waals surface area (Å²) < 4.78 is 13.4. The maximum atomic E-state index is 11.9. The van der Waals surface area contributed by atoms with Crippen molar-refractivity contribution in [2.24, 2.45) is 0 Å². The van der Waals surface area contributed by atoms with Gasteiger partial charge in [0.15, 0.2) is 5.65 Å². The fourth-order valence-corrected chi connectivity index (χ4v) is 2.94. The van der Waals surface area contributed by atoms with E-state index in [-0.39, 0.29) is 11.1 Å². The van der Waals surface area contributed by atoms with Gasteiger partial charge in [0.25, 0.3) is 5.91 Å². The molecule has 1 atom stereocenters. The van der Waals surface area contributed by atoms with E-state index in [2.05, 4.69) is 32.3 Å². The third-order valence-electron chi connectivity index (χ3n) is 3.86. The van der Waals surface area contributed by atoms with E-state index in [9.17, 15) is 9.00 Å². The van der Waals surface area contributed by atoms with Crippen molar-refractivity contribution in [2.45, 2.75) is 30.5 Å². The van der Waals surface area contributed by atoms with Gasteiger partial charge in [-0.3, -0.25) is 9.00 Å². The Morgan fingerprint density at radius 3 is 2.88 bits per heavy atom. The molecule has 1 saturated carbocycles. The number of allylic oxidation sites excluding steroid dienone is 1. The van der Waals surface area contributed by atoms with Gasteiger partial charge in [-0.15, -0.1) is 0 Å². The van der Waals surface area contributed by atoms with Gasteiger partial charge in [-0.1, -0.05) is 6.58 Å². The molecule has 0 aromatic carbocycles. The van der Waals surface area contributed by atoms with E-state index in [4.69, 9.17) is 0 Å². The van der Waals surface area contributed by atoms with Crippen molar-refractivity contribution in [3.8, 4) is 0 Å². The smallest absolute Gasteiger partial charge is 0.251 e. The second-order valence-corrected chi connectivity index (χ2v) is 7.22. The van der Waals surface area contributed by atoms with Gasteiger partial charge < -0.3 is 10.6 Å². The zero-order valence-electron chi connectivity index (χ0n) is 13.1. The third kappa shape index (κ3) is 2.71. The lowest BCUT2D eigenvalue weighted by molar-refractivity contribution is -0.115. The maximum Gasteiger partial charge on any atom is 0.251 e. The van der Waals surface area contributed by atoms with Crippen LogP contribution in [-0.4, -0.2) is 42.0 Å². The fourth-order valence-electron chi connectivity index (χ4n) is 2.51. The quantitative estimate of drug-likeness (QED) is 0.798. The van der Waals surface area contributed by atoms with Crippen LogP contribution in [0.15, 0.2) is 29.2 Å². The topological polar surface area (TPSA) is 101 Å². The Bertz CT molecular complexity index is 927. The molecule has 9 heteroatoms. The molecule has 24 heavy (non-hydrogen) atoms. The number of carbonyl (C=O) groups is 1. The largest absolute Gasteiger partial charge is 0.351 e. The summed E-state index contributed by atoms with van der Waals surface area (Å²) in [4.78, 5) is 20.6. The fraction of sp³-hybridized carbons (Fsp3) is 0.333. The summed E-state index contributed by atoms with van der Waals surface area (Å²) in [7, 11) is -1.32. The van der Waals surface area contributed by atoms with E-state index in [1.54, 1.807) is 16.8 Å². The molecular weight excluding hydrogens is 328 g/mol. The zero-order valence-corrected chi connectivity index (χ0v) is 13.9. The van der Waals surface area contributed by atoms with Gasteiger partial charge in [0.05, 0.1) is 17.0 Å². The average molecular weight is 344 g/mol. The number of nitrogens with zero attached hydrogens (tertiary/aromatic N) is 4. The first-order chi connectivity index (χ1) is 11.5. The number of nitrogens with one attached hydrogen (secondary N) is 2. The van der Waals surface area contributed by atoms with Crippen LogP contribution in [0.4, 0.5) is 5.95 Å². The molecule has 2 aromatic rings. The Hall–Kier alpha value is -2.55. The van der Waals surface area contributed by atoms with Crippen LogP contribution in [0.1, 0.15) is 24.8 Å². The molecule has 1 saturated heterocycles. The van der Waals surface area contributed by atoms with E-state index in [1.807, 2.05) is 0 Å². The lowest BCUT2D eigenvalue weighted by Crippen LogP contribution is -2.13. The Kier molecular flexibility index (Phi) is 3.45. The summed E-state index contributed by atoms with van der Waals surface area (Å²) in [6.45, 7) is 3.77. The van der Waals surface area contributed by atoms with Crippen LogP contribution in [0.5, 0.6) is 0 Å². The second-order valence-electron chi connectivity index (χ2n) is 5.94. The van der Waals surface area contributed by atoms with E-state index in [0.717, 1.165) is 12.8 Å². The van der Waals surface area contributed by atoms with Crippen LogP contribution < -0.4 is 10.6 Å². The van der Waals surface area contributed by atoms with E-state index in [0.29, 0.717) is 40.9 Å². The predicted octanol–water partition coefficient (Wildman–Crippen LogP) is 0.853. The summed E-state index contributed by atoms with van der Waals surface area (Å²) in [6.07, 6.45) is 7.54. The highest BCUT2D eigenvalue weighted by molar-refractivity contribution is 7.84. The van der Waals surface area contributed by atoms with Gasteiger partial charge in [0.1, 0.15) is 0 Å². The number of hydrogen-bond acceptors (Lipinski definition) is 6. The molecule has 1 unspecified atom stereocenters. The van der Waals surface area contributed by atoms with Crippen LogP contribution in [-0.2, 0) is 15.6 Å². The summed E-state index contributed by atoms with van der Waals surface area (Å²) in [5, 5.41) is 10.5. The van der Waals surface area contributed by atoms with Crippen molar-refractivity contribution < 1.29 is 9.00 Å². The van der Waals surface area contributed by atoms with Crippen LogP contribution in [0, 0.1) is 0 Å². The highest BCUT2D eigenvalue weighted by Gasteiger charge is 2.25. The van der Waals surface area contributed by atoms with Crippen LogP contribution in [0.2, 0.25) is 0 Å². The van der Waals surface area contributed by atoms with Crippen molar-refractivity contribution in [1.82, 2.24) is 24.9 Å². The molecule has 2 aliphatic rings. The minimum absolute atomic E-state index is 0.163. The summed E-state index contributed by atoms with van der Waals surface area (Å²) in [5.74, 6) is 0.363. The van der Waals surface area contributed by atoms with E-state index >= 15 is 0 Å².